The van der Waals surface area contributed by atoms with Gasteiger partial charge in [0.2, 0.25) is 0 Å². The number of hydrogen-bond donors (Lipinski definition) is 2. The molecule has 3 aliphatic rings. The first-order valence-corrected chi connectivity index (χ1v) is 5.18. The van der Waals surface area contributed by atoms with Gasteiger partial charge < -0.3 is 10.2 Å². The lowest BCUT2D eigenvalue weighted by Crippen LogP contribution is -2.45. The van der Waals surface area contributed by atoms with Crippen molar-refractivity contribution in [3.63, 3.8) is 0 Å². The Morgan fingerprint density at radius 2 is 1.57 bits per heavy atom. The highest BCUT2D eigenvalue weighted by Gasteiger charge is 2.46. The van der Waals surface area contributed by atoms with Gasteiger partial charge in [-0.2, -0.15) is 0 Å². The minimum absolute atomic E-state index is 0.0723. The highest BCUT2D eigenvalue weighted by Crippen LogP contribution is 2.52. The summed E-state index contributed by atoms with van der Waals surface area (Å²) in [6.45, 7) is 0. The van der Waals surface area contributed by atoms with Gasteiger partial charge in [0.05, 0.1) is 5.60 Å². The van der Waals surface area contributed by atoms with Crippen LogP contribution in [0.15, 0.2) is 12.2 Å². The SMILES string of the molecule is O=C(O)C=CC12CCC(O)(CC1)CC2. The molecular weight excluding hydrogens is 180 g/mol. The lowest BCUT2D eigenvalue weighted by Gasteiger charge is -2.49. The monoisotopic (exact) mass is 196 g/mol. The van der Waals surface area contributed by atoms with Gasteiger partial charge in [0, 0.05) is 6.08 Å². The van der Waals surface area contributed by atoms with E-state index in [0.717, 1.165) is 38.5 Å². The van der Waals surface area contributed by atoms with E-state index < -0.39 is 11.6 Å². The lowest BCUT2D eigenvalue weighted by atomic mass is 9.58. The molecule has 14 heavy (non-hydrogen) atoms. The molecule has 0 aromatic heterocycles. The summed E-state index contributed by atoms with van der Waals surface area (Å²) in [5, 5.41) is 18.6. The van der Waals surface area contributed by atoms with Gasteiger partial charge in [0.25, 0.3) is 0 Å². The number of carbonyl (C=O) groups is 1. The number of allylic oxidation sites excluding steroid dienone is 1. The summed E-state index contributed by atoms with van der Waals surface area (Å²) in [5.41, 5.74) is -0.359. The van der Waals surface area contributed by atoms with E-state index in [4.69, 9.17) is 5.11 Å². The standard InChI is InChI=1S/C11H16O3/c12-9(13)1-2-10-3-6-11(14,7-4-10)8-5-10/h1-2,14H,3-8H2,(H,12,13). The quantitative estimate of drug-likeness (QED) is 0.661. The third-order valence-electron chi connectivity index (χ3n) is 3.84. The molecule has 78 valence electrons. The van der Waals surface area contributed by atoms with Gasteiger partial charge >= 0.3 is 5.97 Å². The number of fused-ring (bicyclic) bond motifs is 3. The van der Waals surface area contributed by atoms with E-state index in [2.05, 4.69) is 0 Å². The fourth-order valence-corrected chi connectivity index (χ4v) is 2.69. The summed E-state index contributed by atoms with van der Waals surface area (Å²) in [6, 6.07) is 0. The number of aliphatic hydroxyl groups is 1. The van der Waals surface area contributed by atoms with Crippen molar-refractivity contribution < 1.29 is 15.0 Å². The molecule has 0 atom stereocenters. The van der Waals surface area contributed by atoms with Crippen molar-refractivity contribution in [2.24, 2.45) is 5.41 Å². The third kappa shape index (κ3) is 1.69. The van der Waals surface area contributed by atoms with Crippen LogP contribution in [-0.2, 0) is 4.79 Å². The first kappa shape index (κ1) is 9.71. The van der Waals surface area contributed by atoms with Gasteiger partial charge in [-0.05, 0) is 43.9 Å². The average molecular weight is 196 g/mol. The Kier molecular flexibility index (Phi) is 2.14. The molecule has 0 aromatic carbocycles. The van der Waals surface area contributed by atoms with E-state index in [9.17, 15) is 9.90 Å². The predicted octanol–water partition coefficient (Wildman–Crippen LogP) is 1.71. The Balaban J connectivity index is 2.08. The predicted molar refractivity (Wildman–Crippen MR) is 51.9 cm³/mol. The highest BCUT2D eigenvalue weighted by atomic mass is 16.4. The molecule has 0 saturated heterocycles. The van der Waals surface area contributed by atoms with Crippen molar-refractivity contribution >= 4 is 5.97 Å². The summed E-state index contributed by atoms with van der Waals surface area (Å²) in [4.78, 5) is 10.4. The molecule has 0 heterocycles. The van der Waals surface area contributed by atoms with Crippen molar-refractivity contribution in [3.05, 3.63) is 12.2 Å². The molecule has 0 spiro atoms. The van der Waals surface area contributed by atoms with Crippen LogP contribution in [0, 0.1) is 5.41 Å². The van der Waals surface area contributed by atoms with E-state index in [1.807, 2.05) is 6.08 Å². The molecule has 0 amide bonds. The summed E-state index contributed by atoms with van der Waals surface area (Å²) < 4.78 is 0. The molecule has 3 saturated carbocycles. The number of rotatable bonds is 2. The fraction of sp³-hybridized carbons (Fsp3) is 0.727. The zero-order valence-electron chi connectivity index (χ0n) is 8.20. The van der Waals surface area contributed by atoms with Crippen LogP contribution in [0.5, 0.6) is 0 Å². The Labute approximate surface area is 83.4 Å². The van der Waals surface area contributed by atoms with Crippen LogP contribution in [0.4, 0.5) is 0 Å². The Hall–Kier alpha value is -0.830. The van der Waals surface area contributed by atoms with Gasteiger partial charge in [-0.15, -0.1) is 0 Å². The van der Waals surface area contributed by atoms with Crippen LogP contribution >= 0.6 is 0 Å². The maximum atomic E-state index is 10.4. The van der Waals surface area contributed by atoms with Crippen LogP contribution in [0.1, 0.15) is 38.5 Å². The van der Waals surface area contributed by atoms with E-state index >= 15 is 0 Å². The molecule has 0 radical (unpaired) electrons. The molecule has 3 rings (SSSR count). The second-order valence-corrected chi connectivity index (χ2v) is 4.76. The molecule has 0 aromatic rings. The zero-order valence-corrected chi connectivity index (χ0v) is 8.20. The number of aliphatic carboxylic acids is 1. The zero-order chi connectivity index (χ0) is 10.2. The normalized spacial score (nSPS) is 41.8. The molecule has 2 bridgehead atoms. The third-order valence-corrected chi connectivity index (χ3v) is 3.84. The maximum Gasteiger partial charge on any atom is 0.327 e. The van der Waals surface area contributed by atoms with Gasteiger partial charge in [-0.1, -0.05) is 6.08 Å². The Morgan fingerprint density at radius 1 is 1.07 bits per heavy atom. The summed E-state index contributed by atoms with van der Waals surface area (Å²) in [7, 11) is 0. The van der Waals surface area contributed by atoms with Crippen molar-refractivity contribution in [1.29, 1.82) is 0 Å². The van der Waals surface area contributed by atoms with Gasteiger partial charge in [0.1, 0.15) is 0 Å². The molecule has 3 heteroatoms. The van der Waals surface area contributed by atoms with Crippen LogP contribution in [0.2, 0.25) is 0 Å². The van der Waals surface area contributed by atoms with Gasteiger partial charge in [-0.3, -0.25) is 0 Å². The fourth-order valence-electron chi connectivity index (χ4n) is 2.69. The molecule has 0 unspecified atom stereocenters. The van der Waals surface area contributed by atoms with Gasteiger partial charge in [-0.25, -0.2) is 4.79 Å². The number of carboxylic acid groups (broad SMARTS) is 1. The molecule has 3 fully saturated rings. The highest BCUT2D eigenvalue weighted by molar-refractivity contribution is 5.79. The first-order chi connectivity index (χ1) is 6.54. The minimum Gasteiger partial charge on any atom is -0.478 e. The van der Waals surface area contributed by atoms with Crippen LogP contribution in [0.25, 0.3) is 0 Å². The minimum atomic E-state index is -0.870. The molecular formula is C11H16O3. The van der Waals surface area contributed by atoms with Crippen molar-refractivity contribution in [1.82, 2.24) is 0 Å². The molecule has 3 nitrogen and oxygen atoms in total. The number of carboxylic acids is 1. The van der Waals surface area contributed by atoms with Crippen LogP contribution in [0.3, 0.4) is 0 Å². The average Bonchev–Trinajstić information content (AvgIpc) is 2.17. The maximum absolute atomic E-state index is 10.4. The summed E-state index contributed by atoms with van der Waals surface area (Å²) >= 11 is 0. The summed E-state index contributed by atoms with van der Waals surface area (Å²) in [5.74, 6) is -0.870. The second kappa shape index (κ2) is 3.09. The number of hydrogen-bond acceptors (Lipinski definition) is 2. The summed E-state index contributed by atoms with van der Waals surface area (Å²) in [6.07, 6.45) is 8.41. The molecule has 2 N–H and O–H groups in total. The topological polar surface area (TPSA) is 57.5 Å². The van der Waals surface area contributed by atoms with E-state index in [1.54, 1.807) is 0 Å². The second-order valence-electron chi connectivity index (χ2n) is 4.76. The Bertz CT molecular complexity index is 256. The van der Waals surface area contributed by atoms with E-state index in [0.29, 0.717) is 0 Å². The van der Waals surface area contributed by atoms with Crippen molar-refractivity contribution in [2.45, 2.75) is 44.1 Å². The smallest absolute Gasteiger partial charge is 0.327 e. The van der Waals surface area contributed by atoms with E-state index in [1.165, 1.54) is 6.08 Å². The first-order valence-electron chi connectivity index (χ1n) is 5.18. The lowest BCUT2D eigenvalue weighted by molar-refractivity contribution is -0.131. The molecule has 0 aliphatic heterocycles. The molecule has 3 aliphatic carbocycles. The van der Waals surface area contributed by atoms with Crippen LogP contribution in [-0.4, -0.2) is 21.8 Å². The largest absolute Gasteiger partial charge is 0.478 e. The van der Waals surface area contributed by atoms with Crippen molar-refractivity contribution in [3.8, 4) is 0 Å². The van der Waals surface area contributed by atoms with Crippen LogP contribution < -0.4 is 0 Å². The van der Waals surface area contributed by atoms with Gasteiger partial charge in [0.15, 0.2) is 0 Å². The van der Waals surface area contributed by atoms with E-state index in [-0.39, 0.29) is 5.41 Å². The van der Waals surface area contributed by atoms with Crippen molar-refractivity contribution in [2.75, 3.05) is 0 Å². The Morgan fingerprint density at radius 3 is 2.00 bits per heavy atom.